The number of pyridine rings is 1. The van der Waals surface area contributed by atoms with Crippen LogP contribution in [0, 0.1) is 0 Å². The van der Waals surface area contributed by atoms with Gasteiger partial charge in [-0.3, -0.25) is 4.79 Å². The zero-order valence-electron chi connectivity index (χ0n) is 16.0. The van der Waals surface area contributed by atoms with Gasteiger partial charge in [0.25, 0.3) is 0 Å². The number of carbonyl (C=O) groups excluding carboxylic acids is 1. The van der Waals surface area contributed by atoms with Crippen molar-refractivity contribution in [2.45, 2.75) is 54.8 Å². The maximum absolute atomic E-state index is 13.2. The van der Waals surface area contributed by atoms with Gasteiger partial charge >= 0.3 is 0 Å². The van der Waals surface area contributed by atoms with Crippen molar-refractivity contribution in [2.24, 2.45) is 0 Å². The zero-order valence-corrected chi connectivity index (χ0v) is 16.8. The SMILES string of the molecule is O=C(NC1CCCCCC1)[C@H](Sc1ccc2ccccc2n1)c1ccccc1. The summed E-state index contributed by atoms with van der Waals surface area (Å²) in [5.74, 6) is 0.0954. The number of hydrogen-bond donors (Lipinski definition) is 1. The number of nitrogens with one attached hydrogen (secondary N) is 1. The number of thioether (sulfide) groups is 1. The van der Waals surface area contributed by atoms with Gasteiger partial charge in [-0.15, -0.1) is 0 Å². The van der Waals surface area contributed by atoms with Gasteiger partial charge in [0.15, 0.2) is 0 Å². The van der Waals surface area contributed by atoms with Crippen LogP contribution < -0.4 is 5.32 Å². The Morgan fingerprint density at radius 2 is 1.61 bits per heavy atom. The lowest BCUT2D eigenvalue weighted by Gasteiger charge is -2.21. The minimum atomic E-state index is -0.293. The van der Waals surface area contributed by atoms with Crippen LogP contribution in [-0.4, -0.2) is 16.9 Å². The molecule has 0 bridgehead atoms. The number of amides is 1. The first-order valence-electron chi connectivity index (χ1n) is 10.2. The second kappa shape index (κ2) is 9.24. The van der Waals surface area contributed by atoms with E-state index in [0.717, 1.165) is 34.3 Å². The fourth-order valence-corrected chi connectivity index (χ4v) is 4.84. The molecule has 1 fully saturated rings. The van der Waals surface area contributed by atoms with E-state index in [1.807, 2.05) is 54.6 Å². The van der Waals surface area contributed by atoms with E-state index < -0.39 is 0 Å². The van der Waals surface area contributed by atoms with Crippen molar-refractivity contribution >= 4 is 28.6 Å². The highest BCUT2D eigenvalue weighted by Gasteiger charge is 2.25. The van der Waals surface area contributed by atoms with Crippen LogP contribution in [0.3, 0.4) is 0 Å². The van der Waals surface area contributed by atoms with Crippen LogP contribution in [-0.2, 0) is 4.79 Å². The van der Waals surface area contributed by atoms with E-state index in [9.17, 15) is 4.79 Å². The number of rotatable bonds is 5. The Hall–Kier alpha value is -2.33. The number of para-hydroxylation sites is 1. The molecule has 2 aromatic carbocycles. The van der Waals surface area contributed by atoms with Gasteiger partial charge in [0.1, 0.15) is 5.25 Å². The Bertz CT molecular complexity index is 920. The average molecular weight is 391 g/mol. The van der Waals surface area contributed by atoms with Gasteiger partial charge < -0.3 is 5.32 Å². The number of nitrogens with zero attached hydrogens (tertiary/aromatic N) is 1. The van der Waals surface area contributed by atoms with Crippen molar-refractivity contribution in [2.75, 3.05) is 0 Å². The minimum Gasteiger partial charge on any atom is -0.352 e. The molecule has 0 saturated heterocycles. The Labute approximate surface area is 171 Å². The highest BCUT2D eigenvalue weighted by molar-refractivity contribution is 8.00. The van der Waals surface area contributed by atoms with Crippen LogP contribution in [0.2, 0.25) is 0 Å². The van der Waals surface area contributed by atoms with E-state index >= 15 is 0 Å². The van der Waals surface area contributed by atoms with Gasteiger partial charge in [-0.1, -0.05) is 92.0 Å². The van der Waals surface area contributed by atoms with E-state index in [0.29, 0.717) is 6.04 Å². The van der Waals surface area contributed by atoms with Crippen molar-refractivity contribution in [3.8, 4) is 0 Å². The summed E-state index contributed by atoms with van der Waals surface area (Å²) in [5.41, 5.74) is 1.98. The largest absolute Gasteiger partial charge is 0.352 e. The van der Waals surface area contributed by atoms with E-state index in [-0.39, 0.29) is 11.2 Å². The van der Waals surface area contributed by atoms with Crippen molar-refractivity contribution in [3.05, 3.63) is 72.3 Å². The predicted octanol–water partition coefficient (Wildman–Crippen LogP) is 5.91. The molecule has 3 aromatic rings. The topological polar surface area (TPSA) is 42.0 Å². The summed E-state index contributed by atoms with van der Waals surface area (Å²) in [6.45, 7) is 0. The molecule has 1 heterocycles. The maximum atomic E-state index is 13.2. The summed E-state index contributed by atoms with van der Waals surface area (Å²) in [5, 5.41) is 5.03. The van der Waals surface area contributed by atoms with Crippen LogP contribution in [0.25, 0.3) is 10.9 Å². The summed E-state index contributed by atoms with van der Waals surface area (Å²) < 4.78 is 0. The highest BCUT2D eigenvalue weighted by atomic mass is 32.2. The minimum absolute atomic E-state index is 0.0954. The van der Waals surface area contributed by atoms with Gasteiger partial charge in [-0.05, 0) is 30.5 Å². The lowest BCUT2D eigenvalue weighted by atomic mass is 10.1. The molecule has 1 aliphatic carbocycles. The molecule has 0 aliphatic heterocycles. The standard InChI is InChI=1S/C24H26N2OS/c27-24(25-20-13-6-1-2-7-14-20)23(19-11-4-3-5-12-19)28-22-17-16-18-10-8-9-15-21(18)26-22/h3-5,8-12,15-17,20,23H,1-2,6-7,13-14H2,(H,25,27)/t23-/m1/s1. The second-order valence-corrected chi connectivity index (χ2v) is 8.57. The summed E-state index contributed by atoms with van der Waals surface area (Å²) in [6, 6.07) is 22.5. The van der Waals surface area contributed by atoms with Crippen molar-refractivity contribution in [1.82, 2.24) is 10.3 Å². The third-order valence-electron chi connectivity index (χ3n) is 5.35. The number of aromatic nitrogens is 1. The monoisotopic (exact) mass is 390 g/mol. The summed E-state index contributed by atoms with van der Waals surface area (Å²) in [7, 11) is 0. The van der Waals surface area contributed by atoms with Crippen LogP contribution in [0.1, 0.15) is 49.3 Å². The normalized spacial score (nSPS) is 16.4. The Morgan fingerprint density at radius 1 is 0.893 bits per heavy atom. The Morgan fingerprint density at radius 3 is 2.39 bits per heavy atom. The molecule has 0 spiro atoms. The number of benzene rings is 2. The first-order chi connectivity index (χ1) is 13.8. The lowest BCUT2D eigenvalue weighted by molar-refractivity contribution is -0.121. The molecule has 4 heteroatoms. The molecule has 1 saturated carbocycles. The zero-order chi connectivity index (χ0) is 19.2. The average Bonchev–Trinajstić information content (AvgIpc) is 3.01. The second-order valence-electron chi connectivity index (χ2n) is 7.45. The van der Waals surface area contributed by atoms with E-state index in [1.165, 1.54) is 37.4 Å². The molecule has 0 radical (unpaired) electrons. The van der Waals surface area contributed by atoms with Crippen LogP contribution in [0.5, 0.6) is 0 Å². The summed E-state index contributed by atoms with van der Waals surface area (Å²) >= 11 is 1.54. The quantitative estimate of drug-likeness (QED) is 0.435. The molecule has 1 N–H and O–H groups in total. The molecule has 1 aromatic heterocycles. The van der Waals surface area contributed by atoms with Gasteiger partial charge in [0.2, 0.25) is 5.91 Å². The van der Waals surface area contributed by atoms with Crippen molar-refractivity contribution in [3.63, 3.8) is 0 Å². The molecular formula is C24H26N2OS. The molecule has 0 unspecified atom stereocenters. The molecular weight excluding hydrogens is 364 g/mol. The lowest BCUT2D eigenvalue weighted by Crippen LogP contribution is -2.37. The van der Waals surface area contributed by atoms with Gasteiger partial charge in [0.05, 0.1) is 10.5 Å². The smallest absolute Gasteiger partial charge is 0.238 e. The van der Waals surface area contributed by atoms with Crippen LogP contribution in [0.15, 0.2) is 71.8 Å². The number of hydrogen-bond acceptors (Lipinski definition) is 3. The van der Waals surface area contributed by atoms with Gasteiger partial charge in [0, 0.05) is 11.4 Å². The summed E-state index contributed by atoms with van der Waals surface area (Å²) in [6.07, 6.45) is 7.16. The third-order valence-corrected chi connectivity index (χ3v) is 6.54. The first kappa shape index (κ1) is 19.0. The fourth-order valence-electron chi connectivity index (χ4n) is 3.84. The Kier molecular flexibility index (Phi) is 6.27. The van der Waals surface area contributed by atoms with Crippen molar-refractivity contribution < 1.29 is 4.79 Å². The fraction of sp³-hybridized carbons (Fsp3) is 0.333. The van der Waals surface area contributed by atoms with E-state index in [1.54, 1.807) is 0 Å². The van der Waals surface area contributed by atoms with Crippen LogP contribution >= 0.6 is 11.8 Å². The summed E-state index contributed by atoms with van der Waals surface area (Å²) in [4.78, 5) is 18.0. The Balaban J connectivity index is 1.56. The number of fused-ring (bicyclic) bond motifs is 1. The third kappa shape index (κ3) is 4.74. The van der Waals surface area contributed by atoms with Crippen molar-refractivity contribution in [1.29, 1.82) is 0 Å². The molecule has 1 aliphatic rings. The first-order valence-corrected chi connectivity index (χ1v) is 11.1. The molecule has 4 rings (SSSR count). The molecule has 3 nitrogen and oxygen atoms in total. The van der Waals surface area contributed by atoms with E-state index in [4.69, 9.17) is 4.98 Å². The van der Waals surface area contributed by atoms with Gasteiger partial charge in [-0.2, -0.15) is 0 Å². The molecule has 28 heavy (non-hydrogen) atoms. The van der Waals surface area contributed by atoms with Crippen LogP contribution in [0.4, 0.5) is 0 Å². The molecule has 1 atom stereocenters. The van der Waals surface area contributed by atoms with Gasteiger partial charge in [-0.25, -0.2) is 4.98 Å². The maximum Gasteiger partial charge on any atom is 0.238 e. The number of carbonyl (C=O) groups is 1. The highest BCUT2D eigenvalue weighted by Crippen LogP contribution is 2.35. The predicted molar refractivity (Wildman–Crippen MR) is 116 cm³/mol. The molecule has 1 amide bonds. The van der Waals surface area contributed by atoms with E-state index in [2.05, 4.69) is 17.4 Å². The molecule has 144 valence electrons.